The predicted molar refractivity (Wildman–Crippen MR) is 97.3 cm³/mol. The third kappa shape index (κ3) is 5.86. The Bertz CT molecular complexity index is 1200. The zero-order valence-electron chi connectivity index (χ0n) is 16.6. The van der Waals surface area contributed by atoms with Crippen LogP contribution >= 0.6 is 0 Å². The summed E-state index contributed by atoms with van der Waals surface area (Å²) in [7, 11) is 0. The van der Waals surface area contributed by atoms with Crippen molar-refractivity contribution in [2.45, 2.75) is 31.6 Å². The molecule has 1 unspecified atom stereocenters. The molecule has 4 N–H and O–H groups in total. The molecule has 0 fully saturated rings. The number of aliphatic carboxylic acids is 1. The number of rotatable bonds is 2. The van der Waals surface area contributed by atoms with E-state index in [0.717, 1.165) is 16.5 Å². The first-order valence-corrected chi connectivity index (χ1v) is 8.70. The summed E-state index contributed by atoms with van der Waals surface area (Å²) in [6.45, 7) is 1.56. The lowest BCUT2D eigenvalue weighted by atomic mass is 9.99. The van der Waals surface area contributed by atoms with Crippen molar-refractivity contribution < 1.29 is 54.5 Å². The van der Waals surface area contributed by atoms with Crippen LogP contribution in [0.1, 0.15) is 22.9 Å². The number of hydrogen-bond donors (Lipinski definition) is 3. The van der Waals surface area contributed by atoms with Gasteiger partial charge >= 0.3 is 24.5 Å². The van der Waals surface area contributed by atoms with E-state index in [1.165, 1.54) is 12.3 Å². The molecule has 0 aliphatic heterocycles. The van der Waals surface area contributed by atoms with Gasteiger partial charge in [0, 0.05) is 11.8 Å². The number of aromatic nitrogens is 3. The highest BCUT2D eigenvalue weighted by Crippen LogP contribution is 2.36. The number of carboxylic acids is 1. The van der Waals surface area contributed by atoms with E-state index in [0.29, 0.717) is 11.8 Å². The topological polar surface area (TPSA) is 114 Å². The van der Waals surface area contributed by atoms with Gasteiger partial charge < -0.3 is 15.9 Å². The molecule has 7 nitrogen and oxygen atoms in total. The van der Waals surface area contributed by atoms with Gasteiger partial charge in [0.05, 0.1) is 11.9 Å². The first-order valence-electron chi connectivity index (χ1n) is 8.70. The Balaban J connectivity index is 0.000000509. The van der Waals surface area contributed by atoms with Gasteiger partial charge in [-0.2, -0.15) is 39.5 Å². The number of aliphatic hydroxyl groups excluding tert-OH is 1. The molecule has 3 aromatic rings. The zero-order valence-corrected chi connectivity index (χ0v) is 16.6. The van der Waals surface area contributed by atoms with Gasteiger partial charge in [0.15, 0.2) is 23.3 Å². The second-order valence-electron chi connectivity index (χ2n) is 6.67. The van der Waals surface area contributed by atoms with E-state index in [9.17, 15) is 44.6 Å². The van der Waals surface area contributed by atoms with Crippen molar-refractivity contribution in [3.8, 4) is 11.3 Å². The van der Waals surface area contributed by atoms with Crippen LogP contribution < -0.4 is 5.73 Å². The molecule has 1 aromatic carbocycles. The number of aliphatic hydroxyl groups is 1. The number of benzene rings is 1. The van der Waals surface area contributed by atoms with E-state index >= 15 is 0 Å². The number of carbonyl (C=O) groups is 1. The molecule has 1 atom stereocenters. The Kier molecular flexibility index (Phi) is 7.06. The molecule has 0 amide bonds. The van der Waals surface area contributed by atoms with Crippen molar-refractivity contribution in [2.24, 2.45) is 0 Å². The number of carboxylic acid groups (broad SMARTS) is 1. The van der Waals surface area contributed by atoms with Gasteiger partial charge in [0.2, 0.25) is 0 Å². The van der Waals surface area contributed by atoms with Crippen molar-refractivity contribution in [1.82, 2.24) is 14.4 Å². The summed E-state index contributed by atoms with van der Waals surface area (Å²) < 4.78 is 110. The molecule has 2 heterocycles. The minimum absolute atomic E-state index is 0.0702. The minimum atomic E-state index is -5.08. The molecule has 0 aliphatic carbocycles. The van der Waals surface area contributed by atoms with Gasteiger partial charge in [-0.25, -0.2) is 14.8 Å². The second kappa shape index (κ2) is 9.00. The fourth-order valence-corrected chi connectivity index (χ4v) is 2.62. The molecule has 0 saturated heterocycles. The van der Waals surface area contributed by atoms with Gasteiger partial charge in [0.25, 0.3) is 0 Å². The fourth-order valence-electron chi connectivity index (χ4n) is 2.62. The maximum atomic E-state index is 13.0. The minimum Gasteiger partial charge on any atom is -0.475 e. The number of anilines is 1. The number of nitrogen functional groups attached to an aromatic ring is 1. The zero-order chi connectivity index (χ0) is 26.2. The Morgan fingerprint density at radius 2 is 1.65 bits per heavy atom. The molecule has 0 spiro atoms. The van der Waals surface area contributed by atoms with Crippen molar-refractivity contribution >= 4 is 17.4 Å². The second-order valence-corrected chi connectivity index (χ2v) is 6.67. The molecule has 3 rings (SSSR count). The van der Waals surface area contributed by atoms with Crippen LogP contribution in [0.4, 0.5) is 45.3 Å². The SMILES string of the molecule is Cc1ccc(C(O)C(F)(F)F)cc1-c1cnc2c(N)nc(C(F)(F)F)cn12.O=C(O)C(F)(F)F. The molecule has 0 radical (unpaired) electrons. The Labute approximate surface area is 183 Å². The van der Waals surface area contributed by atoms with Crippen molar-refractivity contribution in [2.75, 3.05) is 5.73 Å². The third-order valence-corrected chi connectivity index (χ3v) is 4.21. The summed E-state index contributed by atoms with van der Waals surface area (Å²) in [5.41, 5.74) is 4.47. The predicted octanol–water partition coefficient (Wildman–Crippen LogP) is 4.53. The molecule has 34 heavy (non-hydrogen) atoms. The summed E-state index contributed by atoms with van der Waals surface area (Å²) >= 11 is 0. The van der Waals surface area contributed by atoms with E-state index in [2.05, 4.69) is 9.97 Å². The Hall–Kier alpha value is -3.56. The number of nitrogens with two attached hydrogens (primary N) is 1. The Morgan fingerprint density at radius 1 is 1.09 bits per heavy atom. The number of alkyl halides is 9. The van der Waals surface area contributed by atoms with Crippen LogP contribution in [0, 0.1) is 6.92 Å². The third-order valence-electron chi connectivity index (χ3n) is 4.21. The van der Waals surface area contributed by atoms with E-state index < -0.39 is 47.7 Å². The first-order chi connectivity index (χ1) is 15.3. The highest BCUT2D eigenvalue weighted by molar-refractivity contribution is 5.73. The summed E-state index contributed by atoms with van der Waals surface area (Å²) in [6.07, 6.45) is -15.6. The number of aryl methyl sites for hydroxylation is 1. The van der Waals surface area contributed by atoms with Crippen LogP contribution in [-0.4, -0.2) is 42.9 Å². The van der Waals surface area contributed by atoms with Crippen molar-refractivity contribution in [1.29, 1.82) is 0 Å². The number of imidazole rings is 1. The number of hydrogen-bond acceptors (Lipinski definition) is 5. The quantitative estimate of drug-likeness (QED) is 0.442. The van der Waals surface area contributed by atoms with E-state index in [1.807, 2.05) is 0 Å². The van der Waals surface area contributed by atoms with Crippen LogP contribution in [0.15, 0.2) is 30.6 Å². The molecular weight excluding hydrogens is 491 g/mol. The van der Waals surface area contributed by atoms with Gasteiger partial charge in [-0.1, -0.05) is 12.1 Å². The molecule has 2 aromatic heterocycles. The van der Waals surface area contributed by atoms with Gasteiger partial charge in [-0.3, -0.25) is 4.40 Å². The van der Waals surface area contributed by atoms with Crippen LogP contribution in [0.3, 0.4) is 0 Å². The maximum absolute atomic E-state index is 13.0. The molecule has 0 saturated carbocycles. The van der Waals surface area contributed by atoms with E-state index in [-0.39, 0.29) is 16.9 Å². The largest absolute Gasteiger partial charge is 0.490 e. The Morgan fingerprint density at radius 3 is 2.12 bits per heavy atom. The van der Waals surface area contributed by atoms with E-state index in [4.69, 9.17) is 15.6 Å². The first kappa shape index (κ1) is 26.7. The summed E-state index contributed by atoms with van der Waals surface area (Å²) in [6, 6.07) is 3.48. The molecular formula is C18H13F9N4O3. The lowest BCUT2D eigenvalue weighted by Gasteiger charge is -2.17. The molecule has 16 heteroatoms. The average Bonchev–Trinajstić information content (AvgIpc) is 3.10. The van der Waals surface area contributed by atoms with E-state index in [1.54, 1.807) is 6.92 Å². The average molecular weight is 504 g/mol. The lowest BCUT2D eigenvalue weighted by Crippen LogP contribution is -2.21. The number of halogens is 9. The van der Waals surface area contributed by atoms with Crippen LogP contribution in [0.25, 0.3) is 16.9 Å². The van der Waals surface area contributed by atoms with Crippen molar-refractivity contribution in [3.05, 3.63) is 47.4 Å². The molecule has 186 valence electrons. The smallest absolute Gasteiger partial charge is 0.475 e. The molecule has 0 bridgehead atoms. The summed E-state index contributed by atoms with van der Waals surface area (Å²) in [4.78, 5) is 16.1. The summed E-state index contributed by atoms with van der Waals surface area (Å²) in [5.74, 6) is -3.23. The number of fused-ring (bicyclic) bond motifs is 1. The number of nitrogens with zero attached hydrogens (tertiary/aromatic N) is 3. The lowest BCUT2D eigenvalue weighted by molar-refractivity contribution is -0.206. The van der Waals surface area contributed by atoms with Crippen molar-refractivity contribution in [3.63, 3.8) is 0 Å². The highest BCUT2D eigenvalue weighted by atomic mass is 19.4. The van der Waals surface area contributed by atoms with Crippen LogP contribution in [-0.2, 0) is 11.0 Å². The fraction of sp³-hybridized carbons (Fsp3) is 0.278. The maximum Gasteiger partial charge on any atom is 0.490 e. The highest BCUT2D eigenvalue weighted by Gasteiger charge is 2.40. The standard InChI is InChI=1S/C16H12F6N4O.C2HF3O2/c1-7-2-3-8(12(27)16(20,21)22)4-9(7)10-5-24-14-13(23)25-11(6-26(10)14)15(17,18)19;3-2(4,5)1(6)7/h2-6,12,27H,1H3,(H2,23,25);(H,6,7). The van der Waals surface area contributed by atoms with Gasteiger partial charge in [0.1, 0.15) is 0 Å². The van der Waals surface area contributed by atoms with Gasteiger partial charge in [-0.05, 0) is 24.1 Å². The molecule has 0 aliphatic rings. The normalized spacial score (nSPS) is 13.4. The van der Waals surface area contributed by atoms with Crippen LogP contribution in [0.5, 0.6) is 0 Å². The summed E-state index contributed by atoms with van der Waals surface area (Å²) in [5, 5.41) is 16.6. The van der Waals surface area contributed by atoms with Crippen LogP contribution in [0.2, 0.25) is 0 Å². The van der Waals surface area contributed by atoms with Gasteiger partial charge in [-0.15, -0.1) is 0 Å². The monoisotopic (exact) mass is 504 g/mol.